The van der Waals surface area contributed by atoms with Gasteiger partial charge in [0.25, 0.3) is 11.9 Å². The lowest BCUT2D eigenvalue weighted by Gasteiger charge is -2.61. The Kier molecular flexibility index (Phi) is 11.7. The van der Waals surface area contributed by atoms with Gasteiger partial charge in [0.15, 0.2) is 12.2 Å². The SMILES string of the molecule is COCOC1C2OC3(C)OC1C(OC(=O)c1cc(C4=C(c5cc(C(=O)O[C@H]6C7OC8(C)OC6[C@H](OCOC)[C@H](O8)C7C)sc5C)C(F)(F)C(F)(F)C4(F)F)c(C)s1)[C@H](O3)C2OCOC. The number of carbonyl (C=O) groups is 2. The Morgan fingerprint density at radius 2 is 0.875 bits per heavy atom. The van der Waals surface area contributed by atoms with Gasteiger partial charge in [-0.25, -0.2) is 9.59 Å². The highest BCUT2D eigenvalue weighted by Gasteiger charge is 2.80. The molecule has 6 aliphatic heterocycles. The number of rotatable bonds is 15. The number of halogens is 6. The van der Waals surface area contributed by atoms with Crippen molar-refractivity contribution in [3.63, 3.8) is 0 Å². The number of thiophene rings is 2. The van der Waals surface area contributed by atoms with Crippen molar-refractivity contribution in [3.05, 3.63) is 42.8 Å². The lowest BCUT2D eigenvalue weighted by Crippen LogP contribution is -2.79. The topological polar surface area (TPSA) is 163 Å². The molecule has 8 fully saturated rings. The summed E-state index contributed by atoms with van der Waals surface area (Å²) in [4.78, 5) is 26.6. The van der Waals surface area contributed by atoms with E-state index in [0.717, 1.165) is 12.1 Å². The molecule has 16 nitrogen and oxygen atoms in total. The molecule has 2 saturated carbocycles. The van der Waals surface area contributed by atoms with E-state index in [1.807, 2.05) is 0 Å². The Bertz CT molecular complexity index is 2180. The standard InChI is InChI=1S/C40H44F6O16S2/c1-14-23-25(52-11-49-6)31-28(24(14)58-36(4,57-23)60-31)55-34(47)19-9-17(15(2)63-19)21-22(39(43,44)40(45,46)38(21,41)42)18-10-20(64-16(18)3)35(48)56-29-32-26(53-12-50-7)30-27(54-13-51-8)33(29)62-37(5,59-30)61-32/h9-10,14,23-33H,11-13H2,1-8H3/t14?,23-,24?,25-,26?,27?,28+,29?,30?,31?,32-,33?,36?,37?/m1/s1. The van der Waals surface area contributed by atoms with Gasteiger partial charge in [-0.1, -0.05) is 6.92 Å². The zero-order chi connectivity index (χ0) is 46.1. The van der Waals surface area contributed by atoms with Crippen LogP contribution in [0.15, 0.2) is 12.1 Å². The minimum Gasteiger partial charge on any atom is -0.452 e. The van der Waals surface area contributed by atoms with Gasteiger partial charge < -0.3 is 66.3 Å². The van der Waals surface area contributed by atoms with Crippen LogP contribution >= 0.6 is 22.7 Å². The maximum atomic E-state index is 16.1. The molecule has 2 aromatic heterocycles. The van der Waals surface area contributed by atoms with Crippen LogP contribution in [0.4, 0.5) is 26.3 Å². The molecule has 0 amide bonds. The molecule has 24 heteroatoms. The molecule has 8 bridgehead atoms. The summed E-state index contributed by atoms with van der Waals surface area (Å²) in [6.07, 6.45) is -10.2. The van der Waals surface area contributed by atoms with Gasteiger partial charge in [-0.2, -0.15) is 26.3 Å². The fraction of sp³-hybridized carbons (Fsp3) is 0.700. The van der Waals surface area contributed by atoms with E-state index in [1.54, 1.807) is 13.8 Å². The molecular weight excluding hydrogens is 915 g/mol. The molecule has 14 atom stereocenters. The van der Waals surface area contributed by atoms with Crippen molar-refractivity contribution in [3.8, 4) is 0 Å². The molecule has 11 rings (SSSR count). The smallest absolute Gasteiger partial charge is 0.380 e. The summed E-state index contributed by atoms with van der Waals surface area (Å²) in [5.74, 6) is -22.6. The van der Waals surface area contributed by atoms with Crippen LogP contribution in [-0.2, 0) is 66.3 Å². The molecule has 0 spiro atoms. The van der Waals surface area contributed by atoms with Crippen LogP contribution in [0.1, 0.15) is 61.0 Å². The largest absolute Gasteiger partial charge is 0.452 e. The highest BCUT2D eigenvalue weighted by molar-refractivity contribution is 7.14. The minimum atomic E-state index is -5.95. The van der Waals surface area contributed by atoms with E-state index in [4.69, 9.17) is 66.3 Å². The highest BCUT2D eigenvalue weighted by atomic mass is 32.1. The van der Waals surface area contributed by atoms with Crippen molar-refractivity contribution in [2.45, 2.75) is 131 Å². The van der Waals surface area contributed by atoms with Crippen molar-refractivity contribution >= 4 is 45.8 Å². The lowest BCUT2D eigenvalue weighted by atomic mass is 9.76. The summed E-state index contributed by atoms with van der Waals surface area (Å²) in [6.45, 7) is 6.63. The predicted octanol–water partition coefficient (Wildman–Crippen LogP) is 5.65. The van der Waals surface area contributed by atoms with Crippen LogP contribution in [-0.4, -0.2) is 151 Å². The van der Waals surface area contributed by atoms with E-state index in [-0.39, 0.29) is 35.0 Å². The summed E-state index contributed by atoms with van der Waals surface area (Å²) >= 11 is 1.12. The molecular formula is C40H44F6O16S2. The number of carbonyl (C=O) groups excluding carboxylic acids is 2. The Balaban J connectivity index is 1.03. The molecule has 3 aliphatic carbocycles. The van der Waals surface area contributed by atoms with E-state index in [2.05, 4.69) is 0 Å². The molecule has 6 saturated heterocycles. The minimum absolute atomic E-state index is 0.155. The third kappa shape index (κ3) is 7.00. The van der Waals surface area contributed by atoms with Crippen LogP contribution in [0.25, 0.3) is 11.1 Å². The monoisotopic (exact) mass is 958 g/mol. The maximum absolute atomic E-state index is 16.1. The van der Waals surface area contributed by atoms with E-state index in [0.29, 0.717) is 22.7 Å². The molecule has 8 heterocycles. The van der Waals surface area contributed by atoms with Crippen LogP contribution in [0.5, 0.6) is 0 Å². The summed E-state index contributed by atoms with van der Waals surface area (Å²) in [7, 11) is 4.17. The Hall–Kier alpha value is -2.82. The molecule has 0 N–H and O–H groups in total. The van der Waals surface area contributed by atoms with Gasteiger partial charge >= 0.3 is 29.7 Å². The first-order valence-corrected chi connectivity index (χ1v) is 21.7. The molecule has 2 aromatic rings. The third-order valence-corrected chi connectivity index (χ3v) is 14.5. The average Bonchev–Trinajstić information content (AvgIpc) is 3.83. The second-order valence-corrected chi connectivity index (χ2v) is 19.1. The number of hydrogen-bond acceptors (Lipinski definition) is 18. The second-order valence-electron chi connectivity index (χ2n) is 16.6. The predicted molar refractivity (Wildman–Crippen MR) is 204 cm³/mol. The first kappa shape index (κ1) is 46.3. The maximum Gasteiger partial charge on any atom is 0.380 e. The van der Waals surface area contributed by atoms with Gasteiger partial charge in [-0.05, 0) is 37.1 Å². The Labute approximate surface area is 369 Å². The quantitative estimate of drug-likeness (QED) is 0.122. The van der Waals surface area contributed by atoms with Gasteiger partial charge in [0.1, 0.15) is 79.0 Å². The summed E-state index contributed by atoms with van der Waals surface area (Å²) < 4.78 is 176. The number of allylic oxidation sites excluding steroid dienone is 2. The van der Waals surface area contributed by atoms with E-state index >= 15 is 26.3 Å². The first-order valence-electron chi connectivity index (χ1n) is 20.0. The molecule has 0 aromatic carbocycles. The Morgan fingerprint density at radius 1 is 0.562 bits per heavy atom. The fourth-order valence-electron chi connectivity index (χ4n) is 9.74. The zero-order valence-corrected chi connectivity index (χ0v) is 37.0. The normalized spacial score (nSPS) is 39.5. The number of esters is 2. The number of methoxy groups -OCH3 is 3. The van der Waals surface area contributed by atoms with E-state index in [1.165, 1.54) is 42.1 Å². The highest BCUT2D eigenvalue weighted by Crippen LogP contribution is 2.66. The second kappa shape index (κ2) is 16.2. The van der Waals surface area contributed by atoms with Crippen molar-refractivity contribution in [2.75, 3.05) is 41.7 Å². The number of alkyl halides is 6. The number of ether oxygens (including phenoxy) is 14. The third-order valence-electron chi connectivity index (χ3n) is 12.4. The van der Waals surface area contributed by atoms with Crippen molar-refractivity contribution in [1.29, 1.82) is 0 Å². The zero-order valence-electron chi connectivity index (χ0n) is 35.3. The molecule has 64 heavy (non-hydrogen) atoms. The Morgan fingerprint density at radius 3 is 1.25 bits per heavy atom. The van der Waals surface area contributed by atoms with Crippen LogP contribution in [0.3, 0.4) is 0 Å². The van der Waals surface area contributed by atoms with Crippen molar-refractivity contribution in [1.82, 2.24) is 0 Å². The van der Waals surface area contributed by atoms with Gasteiger partial charge in [-0.15, -0.1) is 22.7 Å². The first-order chi connectivity index (χ1) is 30.1. The number of hydrogen-bond donors (Lipinski definition) is 0. The van der Waals surface area contributed by atoms with Crippen molar-refractivity contribution in [2.24, 2.45) is 5.92 Å². The average molecular weight is 959 g/mol. The number of aryl methyl sites for hydroxylation is 2. The lowest BCUT2D eigenvalue weighted by molar-refractivity contribution is -0.536. The fourth-order valence-corrected chi connectivity index (χ4v) is 11.6. The van der Waals surface area contributed by atoms with E-state index in [9.17, 15) is 9.59 Å². The van der Waals surface area contributed by atoms with E-state index < -0.39 is 142 Å². The van der Waals surface area contributed by atoms with Crippen LogP contribution < -0.4 is 0 Å². The summed E-state index contributed by atoms with van der Waals surface area (Å²) in [6, 6.07) is 1.60. The molecule has 10 unspecified atom stereocenters. The van der Waals surface area contributed by atoms with Gasteiger partial charge in [0.2, 0.25) is 0 Å². The molecule has 354 valence electrons. The van der Waals surface area contributed by atoms with Gasteiger partial charge in [0.05, 0.1) is 6.10 Å². The van der Waals surface area contributed by atoms with Gasteiger partial charge in [0, 0.05) is 62.0 Å². The van der Waals surface area contributed by atoms with Crippen molar-refractivity contribution < 1.29 is 102 Å². The summed E-state index contributed by atoms with van der Waals surface area (Å²) in [5, 5.41) is 0. The molecule has 0 radical (unpaired) electrons. The van der Waals surface area contributed by atoms with Crippen LogP contribution in [0.2, 0.25) is 0 Å². The van der Waals surface area contributed by atoms with Crippen LogP contribution in [0, 0.1) is 19.8 Å². The summed E-state index contributed by atoms with van der Waals surface area (Å²) in [5.41, 5.74) is -4.97. The molecule has 9 aliphatic rings. The van der Waals surface area contributed by atoms with Gasteiger partial charge in [-0.3, -0.25) is 0 Å².